The fourth-order valence-corrected chi connectivity index (χ4v) is 4.55. The molecule has 1 saturated heterocycles. The lowest BCUT2D eigenvalue weighted by molar-refractivity contribution is -0.141. The van der Waals surface area contributed by atoms with Gasteiger partial charge in [-0.1, -0.05) is 6.07 Å². The van der Waals surface area contributed by atoms with Crippen LogP contribution in [-0.2, 0) is 11.0 Å². The Morgan fingerprint density at radius 1 is 1.16 bits per heavy atom. The lowest BCUT2D eigenvalue weighted by Gasteiger charge is -2.34. The van der Waals surface area contributed by atoms with Crippen molar-refractivity contribution in [3.63, 3.8) is 0 Å². The maximum absolute atomic E-state index is 13.9. The third kappa shape index (κ3) is 3.89. The minimum absolute atomic E-state index is 0.200. The van der Waals surface area contributed by atoms with Crippen molar-refractivity contribution in [2.75, 3.05) is 32.7 Å². The first-order chi connectivity index (χ1) is 14.7. The molecule has 1 fully saturated rings. The van der Waals surface area contributed by atoms with E-state index in [1.165, 1.54) is 0 Å². The predicted octanol–water partition coefficient (Wildman–Crippen LogP) is 3.63. The maximum Gasteiger partial charge on any atom is 0.419 e. The van der Waals surface area contributed by atoms with Crippen molar-refractivity contribution in [3.05, 3.63) is 46.0 Å². The van der Waals surface area contributed by atoms with Gasteiger partial charge >= 0.3 is 6.18 Å². The molecule has 1 aromatic rings. The van der Waals surface area contributed by atoms with Crippen molar-refractivity contribution >= 4 is 11.6 Å². The molecule has 3 aliphatic heterocycles. The maximum atomic E-state index is 13.9. The van der Waals surface area contributed by atoms with E-state index >= 15 is 0 Å². The second-order valence-electron chi connectivity index (χ2n) is 7.91. The van der Waals surface area contributed by atoms with Crippen molar-refractivity contribution in [1.82, 2.24) is 9.80 Å². The highest BCUT2D eigenvalue weighted by Gasteiger charge is 2.41. The smallest absolute Gasteiger partial charge is 0.337 e. The number of hydrogen-bond acceptors (Lipinski definition) is 4. The highest BCUT2D eigenvalue weighted by atomic mass is 19.4. The van der Waals surface area contributed by atoms with E-state index in [9.17, 15) is 26.7 Å². The summed E-state index contributed by atoms with van der Waals surface area (Å²) in [6.45, 7) is 1.73. The molecular weight excluding hydrogens is 419 g/mol. The Labute approximate surface area is 175 Å². The Bertz CT molecular complexity index is 1020. The Kier molecular flexibility index (Phi) is 5.45. The summed E-state index contributed by atoms with van der Waals surface area (Å²) in [4.78, 5) is 20.5. The molecular formula is C21H19F5N4O. The largest absolute Gasteiger partial charge is 0.419 e. The fourth-order valence-electron chi connectivity index (χ4n) is 4.55. The molecule has 1 amide bonds. The van der Waals surface area contributed by atoms with Gasteiger partial charge in [0.1, 0.15) is 5.71 Å². The van der Waals surface area contributed by atoms with Crippen molar-refractivity contribution in [1.29, 1.82) is 5.26 Å². The summed E-state index contributed by atoms with van der Waals surface area (Å²) in [6.07, 6.45) is -1.95. The number of carbonyl (C=O) groups is 1. The topological polar surface area (TPSA) is 59.7 Å². The van der Waals surface area contributed by atoms with E-state index in [-0.39, 0.29) is 37.4 Å². The van der Waals surface area contributed by atoms with E-state index in [4.69, 9.17) is 5.26 Å². The van der Waals surface area contributed by atoms with Gasteiger partial charge in [-0.05, 0) is 48.0 Å². The summed E-state index contributed by atoms with van der Waals surface area (Å²) in [6, 6.07) is 1.71. The van der Waals surface area contributed by atoms with Gasteiger partial charge in [-0.2, -0.15) is 18.4 Å². The Morgan fingerprint density at radius 3 is 2.52 bits per heavy atom. The molecule has 0 atom stereocenters. The van der Waals surface area contributed by atoms with Gasteiger partial charge in [0.25, 0.3) is 5.91 Å². The summed E-state index contributed by atoms with van der Waals surface area (Å²) in [7, 11) is 0. The van der Waals surface area contributed by atoms with E-state index < -0.39 is 29.3 Å². The average molecular weight is 438 g/mol. The third-order valence-electron chi connectivity index (χ3n) is 6.13. The lowest BCUT2D eigenvalue weighted by atomic mass is 9.85. The van der Waals surface area contributed by atoms with Gasteiger partial charge in [0.05, 0.1) is 18.7 Å². The van der Waals surface area contributed by atoms with E-state index in [0.717, 1.165) is 17.2 Å². The molecule has 0 bridgehead atoms. The first-order valence-corrected chi connectivity index (χ1v) is 9.95. The number of rotatable bonds is 2. The molecule has 164 valence electrons. The zero-order valence-electron chi connectivity index (χ0n) is 16.5. The first-order valence-electron chi connectivity index (χ1n) is 9.95. The monoisotopic (exact) mass is 438 g/mol. The van der Waals surface area contributed by atoms with E-state index in [2.05, 4.69) is 11.2 Å². The van der Waals surface area contributed by atoms with Crippen molar-refractivity contribution in [2.24, 2.45) is 4.99 Å². The van der Waals surface area contributed by atoms with Crippen LogP contribution in [0.1, 0.15) is 36.3 Å². The molecule has 5 nitrogen and oxygen atoms in total. The number of aliphatic imine (C=N–C) groups is 1. The average Bonchev–Trinajstić information content (AvgIpc) is 3.17. The second-order valence-corrected chi connectivity index (χ2v) is 7.91. The molecule has 0 aliphatic carbocycles. The lowest BCUT2D eigenvalue weighted by Crippen LogP contribution is -2.42. The number of likely N-dealkylation sites (tertiary alicyclic amines) is 1. The van der Waals surface area contributed by atoms with Crippen LogP contribution in [0.4, 0.5) is 22.0 Å². The Morgan fingerprint density at radius 2 is 1.87 bits per heavy atom. The highest BCUT2D eigenvalue weighted by molar-refractivity contribution is 6.46. The molecule has 0 N–H and O–H groups in total. The quantitative estimate of drug-likeness (QED) is 0.524. The van der Waals surface area contributed by atoms with Gasteiger partial charge < -0.3 is 9.80 Å². The Hall–Kier alpha value is -2.96. The molecule has 0 spiro atoms. The number of nitrogens with zero attached hydrogens (tertiary/aromatic N) is 4. The summed E-state index contributed by atoms with van der Waals surface area (Å²) >= 11 is 0. The van der Waals surface area contributed by atoms with Gasteiger partial charge in [-0.3, -0.25) is 9.79 Å². The van der Waals surface area contributed by atoms with Crippen LogP contribution >= 0.6 is 0 Å². The number of benzene rings is 1. The van der Waals surface area contributed by atoms with Crippen molar-refractivity contribution in [2.45, 2.75) is 31.4 Å². The molecule has 4 rings (SSSR count). The molecule has 31 heavy (non-hydrogen) atoms. The van der Waals surface area contributed by atoms with E-state index in [0.29, 0.717) is 37.8 Å². The number of piperidine rings is 1. The van der Waals surface area contributed by atoms with Crippen LogP contribution < -0.4 is 0 Å². The normalized spacial score (nSPS) is 19.9. The van der Waals surface area contributed by atoms with Crippen LogP contribution in [0.3, 0.4) is 0 Å². The minimum Gasteiger partial charge on any atom is -0.337 e. The number of nitriles is 1. The summed E-state index contributed by atoms with van der Waals surface area (Å²) in [5.74, 6) is -4.31. The van der Waals surface area contributed by atoms with Crippen molar-refractivity contribution in [3.8, 4) is 6.19 Å². The van der Waals surface area contributed by atoms with Crippen LogP contribution in [0.25, 0.3) is 0 Å². The molecule has 3 heterocycles. The zero-order valence-corrected chi connectivity index (χ0v) is 16.5. The minimum atomic E-state index is -5.01. The number of alkyl halides is 3. The molecule has 0 unspecified atom stereocenters. The Balaban J connectivity index is 1.47. The van der Waals surface area contributed by atoms with E-state index in [1.807, 2.05) is 0 Å². The van der Waals surface area contributed by atoms with Gasteiger partial charge in [0, 0.05) is 19.6 Å². The van der Waals surface area contributed by atoms with Gasteiger partial charge in [0.2, 0.25) is 0 Å². The van der Waals surface area contributed by atoms with E-state index in [1.54, 1.807) is 9.80 Å². The molecule has 0 saturated carbocycles. The highest BCUT2D eigenvalue weighted by Crippen LogP contribution is 2.41. The molecule has 1 aromatic carbocycles. The summed E-state index contributed by atoms with van der Waals surface area (Å²) in [5, 5.41) is 9.04. The van der Waals surface area contributed by atoms with Crippen LogP contribution in [0.2, 0.25) is 0 Å². The molecule has 10 heteroatoms. The number of halogens is 5. The number of hydrogen-bond donors (Lipinski definition) is 0. The zero-order chi connectivity index (χ0) is 22.3. The summed E-state index contributed by atoms with van der Waals surface area (Å²) < 4.78 is 67.4. The van der Waals surface area contributed by atoms with Crippen molar-refractivity contribution < 1.29 is 26.7 Å². The standard InChI is InChI=1S/C21H19F5N4O/c22-16-2-1-14(17(18(16)23)21(24,25)26)12-3-7-30(8-4-12)20(31)19-15-5-6-29(11-27)10-13(15)9-28-19/h1-2,12H,3-10H2. The fraction of sp³-hybridized carbons (Fsp3) is 0.476. The number of amides is 1. The molecule has 0 aromatic heterocycles. The van der Waals surface area contributed by atoms with Crippen LogP contribution in [0.15, 0.2) is 28.3 Å². The summed E-state index contributed by atoms with van der Waals surface area (Å²) in [5.41, 5.74) is 0.346. The third-order valence-corrected chi connectivity index (χ3v) is 6.13. The van der Waals surface area contributed by atoms with Crippen LogP contribution in [-0.4, -0.2) is 54.1 Å². The molecule has 3 aliphatic rings. The first kappa shape index (κ1) is 21.3. The second kappa shape index (κ2) is 7.94. The van der Waals surface area contributed by atoms with Gasteiger partial charge in [-0.15, -0.1) is 0 Å². The van der Waals surface area contributed by atoms with Gasteiger partial charge in [-0.25, -0.2) is 8.78 Å². The number of carbonyl (C=O) groups excluding carboxylic acids is 1. The SMILES string of the molecule is N#CN1CCC2=C(CN=C2C(=O)N2CCC(c3ccc(F)c(F)c3C(F)(F)F)CC2)C1. The van der Waals surface area contributed by atoms with Crippen LogP contribution in [0.5, 0.6) is 0 Å². The van der Waals surface area contributed by atoms with Gasteiger partial charge in [0.15, 0.2) is 17.8 Å². The predicted molar refractivity (Wildman–Crippen MR) is 101 cm³/mol. The van der Waals surface area contributed by atoms with Crippen LogP contribution in [0, 0.1) is 23.1 Å². The molecule has 0 radical (unpaired) electrons.